The molecule has 0 atom stereocenters. The highest BCUT2D eigenvalue weighted by molar-refractivity contribution is 5.61. The molecule has 2 N–H and O–H groups in total. The van der Waals surface area contributed by atoms with E-state index < -0.39 is 0 Å². The van der Waals surface area contributed by atoms with Gasteiger partial charge in [0, 0.05) is 11.8 Å². The predicted octanol–water partition coefficient (Wildman–Crippen LogP) is 1.65. The van der Waals surface area contributed by atoms with Gasteiger partial charge in [-0.25, -0.2) is 9.50 Å². The fourth-order valence-corrected chi connectivity index (χ4v) is 1.05. The third kappa shape index (κ3) is 1.61. The van der Waals surface area contributed by atoms with Crippen molar-refractivity contribution in [2.45, 2.75) is 20.8 Å². The Hall–Kier alpha value is -1.58. The van der Waals surface area contributed by atoms with Crippen LogP contribution in [-0.2, 0) is 0 Å². The summed E-state index contributed by atoms with van der Waals surface area (Å²) in [6, 6.07) is 1.89. The van der Waals surface area contributed by atoms with Gasteiger partial charge in [0.05, 0.1) is 5.52 Å². The van der Waals surface area contributed by atoms with Gasteiger partial charge in [0.15, 0.2) is 0 Å². The normalized spacial score (nSPS) is 9.46. The first-order chi connectivity index (χ1) is 6.29. The molecule has 0 bridgehead atoms. The van der Waals surface area contributed by atoms with Crippen molar-refractivity contribution < 1.29 is 0 Å². The molecular weight excluding hydrogens is 164 g/mol. The Morgan fingerprint density at radius 3 is 2.69 bits per heavy atom. The number of fused-ring (bicyclic) bond motifs is 1. The van der Waals surface area contributed by atoms with Crippen molar-refractivity contribution in [2.75, 3.05) is 5.73 Å². The van der Waals surface area contributed by atoms with Gasteiger partial charge < -0.3 is 5.73 Å². The molecule has 4 nitrogen and oxygen atoms in total. The van der Waals surface area contributed by atoms with Crippen LogP contribution in [0, 0.1) is 6.92 Å². The Morgan fingerprint density at radius 1 is 1.38 bits per heavy atom. The molecule has 0 aliphatic heterocycles. The Labute approximate surface area is 77.4 Å². The minimum atomic E-state index is 0.568. The summed E-state index contributed by atoms with van der Waals surface area (Å²) >= 11 is 0. The molecule has 70 valence electrons. The highest BCUT2D eigenvalue weighted by Crippen LogP contribution is 2.13. The summed E-state index contributed by atoms with van der Waals surface area (Å²) in [5.74, 6) is 0.568. The third-order valence-corrected chi connectivity index (χ3v) is 1.73. The minimum Gasteiger partial charge on any atom is -0.382 e. The van der Waals surface area contributed by atoms with E-state index in [2.05, 4.69) is 10.1 Å². The summed E-state index contributed by atoms with van der Waals surface area (Å²) in [4.78, 5) is 3.91. The van der Waals surface area contributed by atoms with E-state index in [9.17, 15) is 0 Å². The lowest BCUT2D eigenvalue weighted by Crippen LogP contribution is -1.89. The van der Waals surface area contributed by atoms with Crippen LogP contribution in [0.2, 0.25) is 0 Å². The molecule has 0 amide bonds. The second-order valence-corrected chi connectivity index (χ2v) is 2.42. The van der Waals surface area contributed by atoms with Crippen LogP contribution in [0.15, 0.2) is 18.6 Å². The standard InChI is InChI=1S/C7H8N4.C2H6/c1-5-6-2-3-9-4-11(6)10-7(5)8;1-2/h2-4H,1H3,(H2,8,10);1-2H3. The second-order valence-electron chi connectivity index (χ2n) is 2.42. The number of aryl methyl sites for hydroxylation is 1. The summed E-state index contributed by atoms with van der Waals surface area (Å²) in [6.07, 6.45) is 3.36. The molecule has 2 aromatic rings. The smallest absolute Gasteiger partial charge is 0.149 e. The van der Waals surface area contributed by atoms with Crippen LogP contribution in [0.5, 0.6) is 0 Å². The minimum absolute atomic E-state index is 0.568. The van der Waals surface area contributed by atoms with Crippen molar-refractivity contribution in [1.29, 1.82) is 0 Å². The molecule has 0 saturated heterocycles. The number of nitrogen functional groups attached to an aromatic ring is 1. The fraction of sp³-hybridized carbons (Fsp3) is 0.333. The Kier molecular flexibility index (Phi) is 2.84. The van der Waals surface area contributed by atoms with Crippen LogP contribution in [-0.4, -0.2) is 14.6 Å². The first-order valence-electron chi connectivity index (χ1n) is 4.33. The lowest BCUT2D eigenvalue weighted by atomic mass is 10.3. The predicted molar refractivity (Wildman–Crippen MR) is 53.5 cm³/mol. The van der Waals surface area contributed by atoms with Gasteiger partial charge in [-0.05, 0) is 13.0 Å². The molecule has 13 heavy (non-hydrogen) atoms. The molecule has 0 aliphatic carbocycles. The van der Waals surface area contributed by atoms with Gasteiger partial charge in [0.1, 0.15) is 12.1 Å². The second kappa shape index (κ2) is 3.89. The molecule has 0 radical (unpaired) electrons. The van der Waals surface area contributed by atoms with Gasteiger partial charge >= 0.3 is 0 Å². The van der Waals surface area contributed by atoms with E-state index in [4.69, 9.17) is 5.73 Å². The molecular formula is C9H14N4. The van der Waals surface area contributed by atoms with Crippen molar-refractivity contribution >= 4 is 11.3 Å². The maximum Gasteiger partial charge on any atom is 0.149 e. The number of hydrogen-bond donors (Lipinski definition) is 1. The van der Waals surface area contributed by atoms with Gasteiger partial charge in [-0.2, -0.15) is 0 Å². The summed E-state index contributed by atoms with van der Waals surface area (Å²) < 4.78 is 1.67. The number of rotatable bonds is 0. The summed E-state index contributed by atoms with van der Waals surface area (Å²) in [6.45, 7) is 5.94. The molecule has 0 fully saturated rings. The van der Waals surface area contributed by atoms with Crippen LogP contribution >= 0.6 is 0 Å². The quantitative estimate of drug-likeness (QED) is 0.667. The summed E-state index contributed by atoms with van der Waals surface area (Å²) in [5, 5.41) is 4.04. The fourth-order valence-electron chi connectivity index (χ4n) is 1.05. The molecule has 0 saturated carbocycles. The Bertz CT molecular complexity index is 391. The Balaban J connectivity index is 0.000000396. The van der Waals surface area contributed by atoms with Gasteiger partial charge in [0.25, 0.3) is 0 Å². The largest absolute Gasteiger partial charge is 0.382 e. The number of anilines is 1. The number of aromatic nitrogens is 3. The average molecular weight is 178 g/mol. The van der Waals surface area contributed by atoms with Crippen molar-refractivity contribution in [3.8, 4) is 0 Å². The first kappa shape index (κ1) is 9.51. The zero-order valence-corrected chi connectivity index (χ0v) is 8.15. The van der Waals surface area contributed by atoms with Gasteiger partial charge in [0.2, 0.25) is 0 Å². The van der Waals surface area contributed by atoms with Crippen molar-refractivity contribution in [3.05, 3.63) is 24.2 Å². The zero-order chi connectivity index (χ0) is 9.84. The molecule has 2 heterocycles. The van der Waals surface area contributed by atoms with E-state index in [0.29, 0.717) is 5.82 Å². The third-order valence-electron chi connectivity index (χ3n) is 1.73. The Morgan fingerprint density at radius 2 is 2.08 bits per heavy atom. The summed E-state index contributed by atoms with van der Waals surface area (Å²) in [5.41, 5.74) is 7.61. The molecule has 4 heteroatoms. The van der Waals surface area contributed by atoms with E-state index in [1.54, 1.807) is 17.0 Å². The van der Waals surface area contributed by atoms with Crippen LogP contribution in [0.3, 0.4) is 0 Å². The van der Waals surface area contributed by atoms with Crippen molar-refractivity contribution in [2.24, 2.45) is 0 Å². The topological polar surface area (TPSA) is 56.2 Å². The average Bonchev–Trinajstić information content (AvgIpc) is 2.47. The highest BCUT2D eigenvalue weighted by Gasteiger charge is 2.02. The zero-order valence-electron chi connectivity index (χ0n) is 8.15. The maximum absolute atomic E-state index is 5.59. The van der Waals surface area contributed by atoms with Crippen molar-refractivity contribution in [3.63, 3.8) is 0 Å². The maximum atomic E-state index is 5.59. The number of nitrogens with two attached hydrogens (primary N) is 1. The molecule has 2 aromatic heterocycles. The van der Waals surface area contributed by atoms with Crippen LogP contribution in [0.1, 0.15) is 19.4 Å². The van der Waals surface area contributed by atoms with E-state index in [1.807, 2.05) is 26.8 Å². The molecule has 0 aliphatic rings. The van der Waals surface area contributed by atoms with E-state index in [-0.39, 0.29) is 0 Å². The molecule has 0 aromatic carbocycles. The van der Waals surface area contributed by atoms with E-state index in [1.165, 1.54) is 0 Å². The van der Waals surface area contributed by atoms with E-state index in [0.717, 1.165) is 11.1 Å². The number of nitrogens with zero attached hydrogens (tertiary/aromatic N) is 3. The van der Waals surface area contributed by atoms with E-state index >= 15 is 0 Å². The SMILES string of the molecule is CC.Cc1c(N)nn2cnccc12. The van der Waals surface area contributed by atoms with Gasteiger partial charge in [-0.1, -0.05) is 13.8 Å². The highest BCUT2D eigenvalue weighted by atomic mass is 15.3. The lowest BCUT2D eigenvalue weighted by molar-refractivity contribution is 0.927. The molecule has 0 unspecified atom stereocenters. The van der Waals surface area contributed by atoms with Gasteiger partial charge in [-0.3, -0.25) is 0 Å². The lowest BCUT2D eigenvalue weighted by Gasteiger charge is -1.88. The summed E-state index contributed by atoms with van der Waals surface area (Å²) in [7, 11) is 0. The number of hydrogen-bond acceptors (Lipinski definition) is 3. The van der Waals surface area contributed by atoms with Gasteiger partial charge in [-0.15, -0.1) is 5.10 Å². The van der Waals surface area contributed by atoms with Crippen LogP contribution in [0.4, 0.5) is 5.82 Å². The van der Waals surface area contributed by atoms with Crippen LogP contribution in [0.25, 0.3) is 5.52 Å². The molecule has 2 rings (SSSR count). The van der Waals surface area contributed by atoms with Crippen LogP contribution < -0.4 is 5.73 Å². The monoisotopic (exact) mass is 178 g/mol. The first-order valence-corrected chi connectivity index (χ1v) is 4.33. The van der Waals surface area contributed by atoms with Crippen molar-refractivity contribution in [1.82, 2.24) is 14.6 Å². The molecule has 0 spiro atoms.